The molecule has 1 aromatic rings. The largest absolute Gasteiger partial charge is 0.386 e. The van der Waals surface area contributed by atoms with Crippen LogP contribution in [0.3, 0.4) is 0 Å². The number of benzene rings is 1. The van der Waals surface area contributed by atoms with E-state index in [0.29, 0.717) is 12.8 Å². The molecule has 0 saturated heterocycles. The van der Waals surface area contributed by atoms with Gasteiger partial charge in [0, 0.05) is 12.1 Å². The highest BCUT2D eigenvalue weighted by Crippen LogP contribution is 2.32. The zero-order valence-corrected chi connectivity index (χ0v) is 9.32. The number of hydrogen-bond acceptors (Lipinski definition) is 3. The fourth-order valence-corrected chi connectivity index (χ4v) is 1.58. The number of amides is 1. The first-order valence-electron chi connectivity index (χ1n) is 5.52. The van der Waals surface area contributed by atoms with Crippen molar-refractivity contribution in [2.75, 3.05) is 6.54 Å². The highest BCUT2D eigenvalue weighted by molar-refractivity contribution is 5.88. The molecule has 1 fully saturated rings. The topological polar surface area (TPSA) is 75.4 Å². The summed E-state index contributed by atoms with van der Waals surface area (Å²) >= 11 is 0. The van der Waals surface area contributed by atoms with E-state index in [1.165, 1.54) is 12.1 Å². The van der Waals surface area contributed by atoms with Gasteiger partial charge < -0.3 is 16.2 Å². The van der Waals surface area contributed by atoms with Crippen molar-refractivity contribution in [2.24, 2.45) is 5.73 Å². The number of carbonyl (C=O) groups excluding carboxylic acids is 1. The fraction of sp³-hybridized carbons (Fsp3) is 0.417. The number of nitrogens with one attached hydrogen (secondary N) is 1. The minimum absolute atomic E-state index is 0.0291. The normalized spacial score (nSPS) is 18.5. The van der Waals surface area contributed by atoms with E-state index in [1.807, 2.05) is 0 Å². The zero-order chi connectivity index (χ0) is 12.5. The minimum Gasteiger partial charge on any atom is -0.386 e. The van der Waals surface area contributed by atoms with Crippen molar-refractivity contribution in [2.45, 2.75) is 24.5 Å². The lowest BCUT2D eigenvalue weighted by molar-refractivity contribution is -0.123. The maximum absolute atomic E-state index is 13.3. The lowest BCUT2D eigenvalue weighted by atomic mass is 10.1. The quantitative estimate of drug-likeness (QED) is 0.713. The van der Waals surface area contributed by atoms with Crippen LogP contribution in [-0.2, 0) is 4.79 Å². The molecule has 2 rings (SSSR count). The Balaban J connectivity index is 1.91. The molecule has 5 heteroatoms. The van der Waals surface area contributed by atoms with E-state index in [2.05, 4.69) is 5.32 Å². The molecule has 0 radical (unpaired) electrons. The predicted molar refractivity (Wildman–Crippen MR) is 60.5 cm³/mol. The van der Waals surface area contributed by atoms with Crippen LogP contribution in [-0.4, -0.2) is 23.1 Å². The predicted octanol–water partition coefficient (Wildman–Crippen LogP) is 0.467. The number of hydrogen-bond donors (Lipinski definition) is 3. The Hall–Kier alpha value is -1.46. The van der Waals surface area contributed by atoms with Crippen LogP contribution >= 0.6 is 0 Å². The summed E-state index contributed by atoms with van der Waals surface area (Å²) in [7, 11) is 0. The maximum Gasteiger partial charge on any atom is 0.240 e. The number of aliphatic hydroxyl groups excluding tert-OH is 1. The fourth-order valence-electron chi connectivity index (χ4n) is 1.58. The van der Waals surface area contributed by atoms with Crippen LogP contribution in [0.5, 0.6) is 0 Å². The van der Waals surface area contributed by atoms with Crippen molar-refractivity contribution in [3.8, 4) is 0 Å². The molecule has 92 valence electrons. The Labute approximate surface area is 98.6 Å². The van der Waals surface area contributed by atoms with Gasteiger partial charge in [0.15, 0.2) is 0 Å². The van der Waals surface area contributed by atoms with Crippen molar-refractivity contribution in [3.05, 3.63) is 35.6 Å². The Morgan fingerprint density at radius 2 is 2.18 bits per heavy atom. The summed E-state index contributed by atoms with van der Waals surface area (Å²) < 4.78 is 13.3. The van der Waals surface area contributed by atoms with Gasteiger partial charge in [0.25, 0.3) is 0 Å². The molecule has 0 aliphatic heterocycles. The molecule has 1 saturated carbocycles. The average molecular weight is 238 g/mol. The Morgan fingerprint density at radius 1 is 1.53 bits per heavy atom. The zero-order valence-electron chi connectivity index (χ0n) is 9.32. The summed E-state index contributed by atoms with van der Waals surface area (Å²) in [6, 6.07) is 5.94. The summed E-state index contributed by atoms with van der Waals surface area (Å²) in [4.78, 5) is 11.5. The van der Waals surface area contributed by atoms with E-state index in [9.17, 15) is 14.3 Å². The molecule has 0 aromatic heterocycles. The highest BCUT2D eigenvalue weighted by Gasteiger charge is 2.45. The molecule has 0 bridgehead atoms. The van der Waals surface area contributed by atoms with Crippen LogP contribution in [0.15, 0.2) is 24.3 Å². The third-order valence-electron chi connectivity index (χ3n) is 2.96. The van der Waals surface area contributed by atoms with Crippen LogP contribution in [0.4, 0.5) is 4.39 Å². The molecule has 1 atom stereocenters. The number of aliphatic hydroxyl groups is 1. The van der Waals surface area contributed by atoms with Gasteiger partial charge in [0.1, 0.15) is 5.82 Å². The van der Waals surface area contributed by atoms with Crippen molar-refractivity contribution < 1.29 is 14.3 Å². The lowest BCUT2D eigenvalue weighted by Gasteiger charge is -2.15. The van der Waals surface area contributed by atoms with Gasteiger partial charge in [0.05, 0.1) is 11.6 Å². The van der Waals surface area contributed by atoms with E-state index in [4.69, 9.17) is 5.73 Å². The molecular weight excluding hydrogens is 223 g/mol. The molecule has 1 amide bonds. The monoisotopic (exact) mass is 238 g/mol. The minimum atomic E-state index is -1.05. The van der Waals surface area contributed by atoms with E-state index in [1.54, 1.807) is 12.1 Å². The van der Waals surface area contributed by atoms with Gasteiger partial charge in [-0.2, -0.15) is 0 Å². The van der Waals surface area contributed by atoms with E-state index in [-0.39, 0.29) is 18.0 Å². The van der Waals surface area contributed by atoms with Gasteiger partial charge in [-0.15, -0.1) is 0 Å². The van der Waals surface area contributed by atoms with Crippen molar-refractivity contribution in [1.29, 1.82) is 0 Å². The van der Waals surface area contributed by atoms with E-state index >= 15 is 0 Å². The number of halogens is 1. The van der Waals surface area contributed by atoms with Crippen molar-refractivity contribution >= 4 is 5.91 Å². The van der Waals surface area contributed by atoms with Crippen LogP contribution < -0.4 is 11.1 Å². The number of nitrogens with two attached hydrogens (primary N) is 1. The third kappa shape index (κ3) is 2.62. The molecule has 4 N–H and O–H groups in total. The van der Waals surface area contributed by atoms with Crippen molar-refractivity contribution in [3.63, 3.8) is 0 Å². The smallest absolute Gasteiger partial charge is 0.240 e. The molecule has 1 aromatic carbocycles. The average Bonchev–Trinajstić information content (AvgIpc) is 3.06. The maximum atomic E-state index is 13.3. The number of rotatable bonds is 4. The molecule has 1 unspecified atom stereocenters. The summed E-state index contributed by atoms with van der Waals surface area (Å²) in [6.07, 6.45) is 0.269. The molecule has 1 aliphatic rings. The standard InChI is InChI=1S/C12H15FN2O2/c13-9-4-2-1-3-8(9)10(16)7-15-11(17)12(14)5-6-12/h1-4,10,16H,5-7,14H2,(H,15,17). The molecule has 0 spiro atoms. The van der Waals surface area contributed by atoms with Gasteiger partial charge in [-0.1, -0.05) is 18.2 Å². The highest BCUT2D eigenvalue weighted by atomic mass is 19.1. The SMILES string of the molecule is NC1(C(=O)NCC(O)c2ccccc2F)CC1. The van der Waals surface area contributed by atoms with Gasteiger partial charge in [-0.25, -0.2) is 4.39 Å². The third-order valence-corrected chi connectivity index (χ3v) is 2.96. The van der Waals surface area contributed by atoms with E-state index < -0.39 is 17.5 Å². The van der Waals surface area contributed by atoms with Crippen LogP contribution in [0.25, 0.3) is 0 Å². The molecule has 4 nitrogen and oxygen atoms in total. The summed E-state index contributed by atoms with van der Waals surface area (Å²) in [5.74, 6) is -0.768. The summed E-state index contributed by atoms with van der Waals surface area (Å²) in [6.45, 7) is -0.0291. The Kier molecular flexibility index (Phi) is 3.13. The Morgan fingerprint density at radius 3 is 2.76 bits per heavy atom. The van der Waals surface area contributed by atoms with Gasteiger partial charge in [-0.05, 0) is 18.9 Å². The van der Waals surface area contributed by atoms with Crippen LogP contribution in [0.1, 0.15) is 24.5 Å². The van der Waals surface area contributed by atoms with Crippen LogP contribution in [0, 0.1) is 5.82 Å². The first-order valence-corrected chi connectivity index (χ1v) is 5.52. The molecule has 0 heterocycles. The van der Waals surface area contributed by atoms with Gasteiger partial charge >= 0.3 is 0 Å². The first-order chi connectivity index (χ1) is 8.03. The number of carbonyl (C=O) groups is 1. The van der Waals surface area contributed by atoms with Crippen molar-refractivity contribution in [1.82, 2.24) is 5.32 Å². The second kappa shape index (κ2) is 4.43. The Bertz CT molecular complexity index is 432. The van der Waals surface area contributed by atoms with Crippen LogP contribution in [0.2, 0.25) is 0 Å². The lowest BCUT2D eigenvalue weighted by Crippen LogP contribution is -2.44. The van der Waals surface area contributed by atoms with E-state index in [0.717, 1.165) is 0 Å². The first kappa shape index (κ1) is 12.0. The molecule has 17 heavy (non-hydrogen) atoms. The molecular formula is C12H15FN2O2. The second-order valence-electron chi connectivity index (χ2n) is 4.40. The molecule has 1 aliphatic carbocycles. The summed E-state index contributed by atoms with van der Waals surface area (Å²) in [5, 5.41) is 12.3. The summed E-state index contributed by atoms with van der Waals surface area (Å²) in [5.41, 5.74) is 5.08. The van der Waals surface area contributed by atoms with Gasteiger partial charge in [-0.3, -0.25) is 4.79 Å². The second-order valence-corrected chi connectivity index (χ2v) is 4.40. The van der Waals surface area contributed by atoms with Gasteiger partial charge in [0.2, 0.25) is 5.91 Å².